The van der Waals surface area contributed by atoms with Crippen LogP contribution < -0.4 is 9.47 Å². The van der Waals surface area contributed by atoms with Crippen molar-refractivity contribution in [2.24, 2.45) is 0 Å². The van der Waals surface area contributed by atoms with E-state index in [-0.39, 0.29) is 11.3 Å². The van der Waals surface area contributed by atoms with Gasteiger partial charge in [-0.1, -0.05) is 76.6 Å². The molecule has 0 aliphatic heterocycles. The van der Waals surface area contributed by atoms with Crippen LogP contribution in [0.2, 0.25) is 0 Å². The molecule has 6 heteroatoms. The fraction of sp³-hybridized carbons (Fsp3) is 0.429. The summed E-state index contributed by atoms with van der Waals surface area (Å²) in [4.78, 5) is 8.69. The van der Waals surface area contributed by atoms with Gasteiger partial charge in [-0.3, -0.25) is 0 Å². The zero-order valence-electron chi connectivity index (χ0n) is 20.2. The number of hydrogen-bond donors (Lipinski definition) is 0. The van der Waals surface area contributed by atoms with Crippen LogP contribution in [0.25, 0.3) is 22.5 Å². The average Bonchev–Trinajstić information content (AvgIpc) is 2.87. The molecular formula is C28H34F2N2O2. The summed E-state index contributed by atoms with van der Waals surface area (Å²) in [6.45, 7) is 5.31. The number of hydrogen-bond acceptors (Lipinski definition) is 4. The molecule has 1 heterocycles. The van der Waals surface area contributed by atoms with E-state index < -0.39 is 11.6 Å². The summed E-state index contributed by atoms with van der Waals surface area (Å²) < 4.78 is 40.4. The minimum absolute atomic E-state index is 0.0407. The van der Waals surface area contributed by atoms with Crippen molar-refractivity contribution in [3.63, 3.8) is 0 Å². The maximum atomic E-state index is 14.8. The number of aromatic nitrogens is 2. The average molecular weight is 469 g/mol. The first-order valence-electron chi connectivity index (χ1n) is 12.3. The van der Waals surface area contributed by atoms with Crippen molar-refractivity contribution < 1.29 is 18.3 Å². The molecule has 0 saturated carbocycles. The summed E-state index contributed by atoms with van der Waals surface area (Å²) in [6.07, 6.45) is 12.0. The van der Waals surface area contributed by atoms with Crippen LogP contribution >= 0.6 is 0 Å². The maximum Gasteiger partial charge on any atom is 0.201 e. The molecule has 0 saturated heterocycles. The lowest BCUT2D eigenvalue weighted by atomic mass is 10.0. The SMILES string of the molecule is CCCCCCCCOc1ccc(-c2ccc(-c3ncc(OCCCC)cn3)cc2)c(F)c1F. The summed E-state index contributed by atoms with van der Waals surface area (Å²) in [6, 6.07) is 10.1. The van der Waals surface area contributed by atoms with Crippen LogP contribution in [0, 0.1) is 11.6 Å². The van der Waals surface area contributed by atoms with Crippen molar-refractivity contribution in [1.82, 2.24) is 9.97 Å². The standard InChI is InChI=1S/C28H34F2N2O2/c1-3-5-7-8-9-10-18-34-25-16-15-24(26(29)27(25)30)21-11-13-22(14-12-21)28-31-19-23(20-32-28)33-17-6-4-2/h11-16,19-20H,3-10,17-18H2,1-2H3. The lowest BCUT2D eigenvalue weighted by molar-refractivity contribution is 0.285. The van der Waals surface area contributed by atoms with Gasteiger partial charge >= 0.3 is 0 Å². The second-order valence-corrected chi connectivity index (χ2v) is 8.38. The van der Waals surface area contributed by atoms with Gasteiger partial charge in [-0.15, -0.1) is 0 Å². The highest BCUT2D eigenvalue weighted by Gasteiger charge is 2.16. The van der Waals surface area contributed by atoms with E-state index in [0.29, 0.717) is 30.4 Å². The summed E-state index contributed by atoms with van der Waals surface area (Å²) in [5.41, 5.74) is 1.54. The Morgan fingerprint density at radius 3 is 1.97 bits per heavy atom. The number of unbranched alkanes of at least 4 members (excludes halogenated alkanes) is 6. The third-order valence-electron chi connectivity index (χ3n) is 5.65. The Balaban J connectivity index is 1.60. The van der Waals surface area contributed by atoms with Gasteiger partial charge in [-0.25, -0.2) is 14.4 Å². The van der Waals surface area contributed by atoms with Crippen molar-refractivity contribution in [1.29, 1.82) is 0 Å². The van der Waals surface area contributed by atoms with E-state index in [1.54, 1.807) is 42.7 Å². The Hall–Kier alpha value is -3.02. The van der Waals surface area contributed by atoms with Gasteiger partial charge < -0.3 is 9.47 Å². The maximum absolute atomic E-state index is 14.8. The Bertz CT molecular complexity index is 1010. The first kappa shape index (κ1) is 25.6. The smallest absolute Gasteiger partial charge is 0.201 e. The molecule has 3 rings (SSSR count). The largest absolute Gasteiger partial charge is 0.490 e. The molecule has 34 heavy (non-hydrogen) atoms. The number of rotatable bonds is 14. The van der Waals surface area contributed by atoms with Gasteiger partial charge in [0, 0.05) is 11.1 Å². The Morgan fingerprint density at radius 1 is 0.647 bits per heavy atom. The lowest BCUT2D eigenvalue weighted by Gasteiger charge is -2.11. The van der Waals surface area contributed by atoms with Crippen LogP contribution in [0.5, 0.6) is 11.5 Å². The second kappa shape index (κ2) is 13.6. The molecule has 0 radical (unpaired) electrons. The number of benzene rings is 2. The molecule has 0 aliphatic rings. The zero-order valence-corrected chi connectivity index (χ0v) is 20.2. The molecule has 0 N–H and O–H groups in total. The minimum Gasteiger partial charge on any atom is -0.490 e. The molecule has 0 unspecified atom stereocenters. The van der Waals surface area contributed by atoms with E-state index in [4.69, 9.17) is 9.47 Å². The Labute approximate surface area is 201 Å². The minimum atomic E-state index is -0.949. The first-order valence-corrected chi connectivity index (χ1v) is 12.3. The van der Waals surface area contributed by atoms with E-state index in [2.05, 4.69) is 23.8 Å². The monoisotopic (exact) mass is 468 g/mol. The van der Waals surface area contributed by atoms with Gasteiger partial charge in [0.05, 0.1) is 25.6 Å². The third-order valence-corrected chi connectivity index (χ3v) is 5.65. The summed E-state index contributed by atoms with van der Waals surface area (Å²) in [7, 11) is 0. The van der Waals surface area contributed by atoms with Gasteiger partial charge in [0.25, 0.3) is 0 Å². The highest BCUT2D eigenvalue weighted by Crippen LogP contribution is 2.31. The molecule has 2 aromatic carbocycles. The van der Waals surface area contributed by atoms with E-state index in [1.165, 1.54) is 25.3 Å². The molecule has 3 aromatic rings. The van der Waals surface area contributed by atoms with Gasteiger partial charge in [-0.2, -0.15) is 4.39 Å². The lowest BCUT2D eigenvalue weighted by Crippen LogP contribution is -2.01. The molecule has 0 bridgehead atoms. The Kier molecular flexibility index (Phi) is 10.3. The van der Waals surface area contributed by atoms with E-state index in [0.717, 1.165) is 37.7 Å². The number of ether oxygens (including phenoxy) is 2. The van der Waals surface area contributed by atoms with E-state index >= 15 is 0 Å². The normalized spacial score (nSPS) is 10.9. The number of halogens is 2. The quantitative estimate of drug-likeness (QED) is 0.225. The third kappa shape index (κ3) is 7.24. The predicted molar refractivity (Wildman–Crippen MR) is 132 cm³/mol. The van der Waals surface area contributed by atoms with E-state index in [1.807, 2.05) is 0 Å². The highest BCUT2D eigenvalue weighted by atomic mass is 19.2. The fourth-order valence-corrected chi connectivity index (χ4v) is 3.60. The molecular weight excluding hydrogens is 434 g/mol. The van der Waals surface area contributed by atoms with Crippen LogP contribution in [-0.2, 0) is 0 Å². The zero-order chi connectivity index (χ0) is 24.2. The van der Waals surface area contributed by atoms with Crippen LogP contribution in [0.15, 0.2) is 48.8 Å². The molecule has 182 valence electrons. The van der Waals surface area contributed by atoms with Crippen molar-refractivity contribution >= 4 is 0 Å². The first-order chi connectivity index (χ1) is 16.6. The summed E-state index contributed by atoms with van der Waals surface area (Å²) >= 11 is 0. The molecule has 4 nitrogen and oxygen atoms in total. The molecule has 0 atom stereocenters. The molecule has 1 aromatic heterocycles. The topological polar surface area (TPSA) is 44.2 Å². The van der Waals surface area contributed by atoms with Gasteiger partial charge in [0.2, 0.25) is 5.82 Å². The predicted octanol–water partition coefficient (Wildman–Crippen LogP) is 8.01. The summed E-state index contributed by atoms with van der Waals surface area (Å²) in [5, 5.41) is 0. The van der Waals surface area contributed by atoms with Crippen molar-refractivity contribution in [2.75, 3.05) is 13.2 Å². The van der Waals surface area contributed by atoms with Gasteiger partial charge in [0.1, 0.15) is 0 Å². The van der Waals surface area contributed by atoms with Gasteiger partial charge in [-0.05, 0) is 30.5 Å². The Morgan fingerprint density at radius 2 is 1.26 bits per heavy atom. The van der Waals surface area contributed by atoms with Crippen LogP contribution in [0.1, 0.15) is 65.2 Å². The molecule has 0 amide bonds. The fourth-order valence-electron chi connectivity index (χ4n) is 3.60. The van der Waals surface area contributed by atoms with Crippen LogP contribution in [-0.4, -0.2) is 23.2 Å². The van der Waals surface area contributed by atoms with Crippen LogP contribution in [0.3, 0.4) is 0 Å². The van der Waals surface area contributed by atoms with Crippen molar-refractivity contribution in [3.05, 3.63) is 60.4 Å². The van der Waals surface area contributed by atoms with Crippen molar-refractivity contribution in [2.45, 2.75) is 65.2 Å². The molecule has 0 aliphatic carbocycles. The number of nitrogens with zero attached hydrogens (tertiary/aromatic N) is 2. The highest BCUT2D eigenvalue weighted by molar-refractivity contribution is 5.69. The molecule has 0 fully saturated rings. The summed E-state index contributed by atoms with van der Waals surface area (Å²) in [5.74, 6) is -0.724. The second-order valence-electron chi connectivity index (χ2n) is 8.38. The molecule has 0 spiro atoms. The van der Waals surface area contributed by atoms with Crippen LogP contribution in [0.4, 0.5) is 8.78 Å². The van der Waals surface area contributed by atoms with E-state index in [9.17, 15) is 8.78 Å². The van der Waals surface area contributed by atoms with Gasteiger partial charge in [0.15, 0.2) is 23.1 Å². The van der Waals surface area contributed by atoms with Crippen molar-refractivity contribution in [3.8, 4) is 34.0 Å².